The Hall–Kier alpha value is -2.21. The summed E-state index contributed by atoms with van der Waals surface area (Å²) in [5.74, 6) is 0.508. The molecule has 1 aromatic carbocycles. The van der Waals surface area contributed by atoms with E-state index in [2.05, 4.69) is 25.9 Å². The number of pyridine rings is 1. The molecule has 0 atom stereocenters. The highest BCUT2D eigenvalue weighted by Crippen LogP contribution is 2.22. The Morgan fingerprint density at radius 3 is 2.95 bits per heavy atom. The van der Waals surface area contributed by atoms with Crippen molar-refractivity contribution in [1.82, 2.24) is 9.97 Å². The van der Waals surface area contributed by atoms with Gasteiger partial charge in [-0.3, -0.25) is 4.98 Å². The monoisotopic (exact) mass is 332 g/mol. The normalized spacial score (nSPS) is 10.7. The van der Waals surface area contributed by atoms with Gasteiger partial charge in [-0.25, -0.2) is 9.78 Å². The van der Waals surface area contributed by atoms with Crippen LogP contribution in [0.5, 0.6) is 5.75 Å². The molecule has 3 rings (SSSR count). The largest absolute Gasteiger partial charge is 0.441 e. The average Bonchev–Trinajstić information content (AvgIpc) is 2.78. The van der Waals surface area contributed by atoms with Gasteiger partial charge in [0.05, 0.1) is 5.56 Å². The molecule has 2 aromatic heterocycles. The molecule has 0 radical (unpaired) electrons. The number of hydrogen-bond donors (Lipinski definition) is 0. The summed E-state index contributed by atoms with van der Waals surface area (Å²) in [5.41, 5.74) is 1.68. The van der Waals surface area contributed by atoms with Crippen LogP contribution in [-0.2, 0) is 0 Å². The summed E-state index contributed by atoms with van der Waals surface area (Å²) in [6.45, 7) is 1.76. The predicted molar refractivity (Wildman–Crippen MR) is 75.6 cm³/mol. The summed E-state index contributed by atoms with van der Waals surface area (Å²) in [4.78, 5) is 20.1. The van der Waals surface area contributed by atoms with E-state index in [0.29, 0.717) is 28.3 Å². The Morgan fingerprint density at radius 1 is 1.30 bits per heavy atom. The van der Waals surface area contributed by atoms with E-state index in [1.54, 1.807) is 37.4 Å². The fourth-order valence-electron chi connectivity index (χ4n) is 1.78. The molecule has 0 fully saturated rings. The number of esters is 1. The summed E-state index contributed by atoms with van der Waals surface area (Å²) in [7, 11) is 0. The van der Waals surface area contributed by atoms with Gasteiger partial charge in [-0.15, -0.1) is 0 Å². The second kappa shape index (κ2) is 5.05. The molecule has 2 heterocycles. The summed E-state index contributed by atoms with van der Waals surface area (Å²) in [6.07, 6.45) is 3.05. The van der Waals surface area contributed by atoms with Crippen LogP contribution >= 0.6 is 15.9 Å². The van der Waals surface area contributed by atoms with Gasteiger partial charge in [-0.2, -0.15) is 0 Å². The number of carbonyl (C=O) groups excluding carboxylic acids is 1. The number of fused-ring (bicyclic) bond motifs is 1. The van der Waals surface area contributed by atoms with Gasteiger partial charge < -0.3 is 9.15 Å². The zero-order valence-corrected chi connectivity index (χ0v) is 12.0. The van der Waals surface area contributed by atoms with Gasteiger partial charge in [0.2, 0.25) is 0 Å². The zero-order chi connectivity index (χ0) is 14.1. The number of carbonyl (C=O) groups is 1. The fourth-order valence-corrected chi connectivity index (χ4v) is 2.14. The molecule has 0 spiro atoms. The summed E-state index contributed by atoms with van der Waals surface area (Å²) in [6, 6.07) is 6.69. The molecular formula is C14H9BrN2O3. The maximum Gasteiger partial charge on any atom is 0.345 e. The lowest BCUT2D eigenvalue weighted by Crippen LogP contribution is -2.08. The Kier molecular flexibility index (Phi) is 3.23. The lowest BCUT2D eigenvalue weighted by molar-refractivity contribution is 0.0734. The second-order valence-electron chi connectivity index (χ2n) is 4.14. The first kappa shape index (κ1) is 12.8. The molecule has 0 unspecified atom stereocenters. The third kappa shape index (κ3) is 2.55. The van der Waals surface area contributed by atoms with Gasteiger partial charge in [0.25, 0.3) is 0 Å². The molecule has 100 valence electrons. The molecule has 0 saturated carbocycles. The number of halogens is 1. The molecule has 0 aliphatic heterocycles. The molecule has 6 heteroatoms. The van der Waals surface area contributed by atoms with Crippen LogP contribution in [0.15, 0.2) is 45.5 Å². The second-order valence-corrected chi connectivity index (χ2v) is 5.06. The summed E-state index contributed by atoms with van der Waals surface area (Å²) < 4.78 is 11.4. The maximum absolute atomic E-state index is 12.0. The van der Waals surface area contributed by atoms with E-state index >= 15 is 0 Å². The first-order valence-corrected chi connectivity index (χ1v) is 6.61. The van der Waals surface area contributed by atoms with E-state index in [-0.39, 0.29) is 0 Å². The van der Waals surface area contributed by atoms with Crippen LogP contribution in [0, 0.1) is 6.92 Å². The van der Waals surface area contributed by atoms with Crippen LogP contribution in [0.4, 0.5) is 0 Å². The van der Waals surface area contributed by atoms with Gasteiger partial charge in [0.15, 0.2) is 11.5 Å². The highest BCUT2D eigenvalue weighted by molar-refractivity contribution is 9.10. The van der Waals surface area contributed by atoms with Crippen molar-refractivity contribution in [3.8, 4) is 5.75 Å². The van der Waals surface area contributed by atoms with Crippen molar-refractivity contribution in [1.29, 1.82) is 0 Å². The SMILES string of the molecule is Cc1nc2cc(OC(=O)c3cncc(Br)c3)ccc2o1. The average molecular weight is 333 g/mol. The maximum atomic E-state index is 12.0. The van der Waals surface area contributed by atoms with Crippen molar-refractivity contribution in [2.24, 2.45) is 0 Å². The Balaban J connectivity index is 1.87. The molecule has 0 saturated heterocycles. The molecule has 3 aromatic rings. The summed E-state index contributed by atoms with van der Waals surface area (Å²) >= 11 is 3.26. The molecule has 20 heavy (non-hydrogen) atoms. The van der Waals surface area contributed by atoms with Crippen LogP contribution < -0.4 is 4.74 Å². The van der Waals surface area contributed by atoms with Crippen LogP contribution in [0.3, 0.4) is 0 Å². The number of rotatable bonds is 2. The number of aromatic nitrogens is 2. The van der Waals surface area contributed by atoms with E-state index in [1.165, 1.54) is 6.20 Å². The third-order valence-electron chi connectivity index (χ3n) is 2.62. The molecule has 5 nitrogen and oxygen atoms in total. The fraction of sp³-hybridized carbons (Fsp3) is 0.0714. The van der Waals surface area contributed by atoms with E-state index in [1.807, 2.05) is 0 Å². The number of nitrogens with zero attached hydrogens (tertiary/aromatic N) is 2. The molecule has 0 N–H and O–H groups in total. The highest BCUT2D eigenvalue weighted by Gasteiger charge is 2.11. The molecule has 0 aliphatic carbocycles. The van der Waals surface area contributed by atoms with Crippen molar-refractivity contribution in [2.45, 2.75) is 6.92 Å². The lowest BCUT2D eigenvalue weighted by atomic mass is 10.3. The number of benzene rings is 1. The highest BCUT2D eigenvalue weighted by atomic mass is 79.9. The third-order valence-corrected chi connectivity index (χ3v) is 3.05. The van der Waals surface area contributed by atoms with Crippen LogP contribution in [0.2, 0.25) is 0 Å². The van der Waals surface area contributed by atoms with Gasteiger partial charge in [-0.05, 0) is 34.1 Å². The minimum absolute atomic E-state index is 0.371. The van der Waals surface area contributed by atoms with Crippen LogP contribution in [0.25, 0.3) is 11.1 Å². The van der Waals surface area contributed by atoms with Crippen molar-refractivity contribution in [3.05, 3.63) is 52.6 Å². The first-order chi connectivity index (χ1) is 9.61. The van der Waals surface area contributed by atoms with E-state index in [4.69, 9.17) is 9.15 Å². The van der Waals surface area contributed by atoms with E-state index in [9.17, 15) is 4.79 Å². The van der Waals surface area contributed by atoms with E-state index in [0.717, 1.165) is 4.47 Å². The zero-order valence-electron chi connectivity index (χ0n) is 10.5. The smallest absolute Gasteiger partial charge is 0.345 e. The Morgan fingerprint density at radius 2 is 2.15 bits per heavy atom. The van der Waals surface area contributed by atoms with E-state index < -0.39 is 5.97 Å². The minimum atomic E-state index is -0.474. The molecule has 0 bridgehead atoms. The Labute approximate surface area is 122 Å². The van der Waals surface area contributed by atoms with Gasteiger partial charge in [-0.1, -0.05) is 0 Å². The molecule has 0 amide bonds. The van der Waals surface area contributed by atoms with Crippen LogP contribution in [-0.4, -0.2) is 15.9 Å². The predicted octanol–water partition coefficient (Wildman–Crippen LogP) is 3.51. The minimum Gasteiger partial charge on any atom is -0.441 e. The number of hydrogen-bond acceptors (Lipinski definition) is 5. The number of aryl methyl sites for hydroxylation is 1. The van der Waals surface area contributed by atoms with Gasteiger partial charge >= 0.3 is 5.97 Å². The van der Waals surface area contributed by atoms with Gasteiger partial charge in [0.1, 0.15) is 11.3 Å². The van der Waals surface area contributed by atoms with Crippen molar-refractivity contribution in [2.75, 3.05) is 0 Å². The topological polar surface area (TPSA) is 65.2 Å². The standard InChI is InChI=1S/C14H9BrN2O3/c1-8-17-12-5-11(2-3-13(12)19-8)20-14(18)9-4-10(15)7-16-6-9/h2-7H,1H3. The Bertz CT molecular complexity index is 798. The van der Waals surface area contributed by atoms with Crippen molar-refractivity contribution in [3.63, 3.8) is 0 Å². The lowest BCUT2D eigenvalue weighted by Gasteiger charge is -2.03. The molecular weight excluding hydrogens is 324 g/mol. The van der Waals surface area contributed by atoms with Gasteiger partial charge in [0, 0.05) is 29.9 Å². The summed E-state index contributed by atoms with van der Waals surface area (Å²) in [5, 5.41) is 0. The van der Waals surface area contributed by atoms with Crippen LogP contribution in [0.1, 0.15) is 16.2 Å². The number of ether oxygens (including phenoxy) is 1. The molecule has 0 aliphatic rings. The first-order valence-electron chi connectivity index (χ1n) is 5.82. The van der Waals surface area contributed by atoms with Crippen molar-refractivity contribution < 1.29 is 13.9 Å². The number of oxazole rings is 1. The quantitative estimate of drug-likeness (QED) is 0.530. The van der Waals surface area contributed by atoms with Crippen molar-refractivity contribution >= 4 is 33.0 Å².